The maximum absolute atomic E-state index is 11.8. The molecule has 0 saturated heterocycles. The van der Waals surface area contributed by atoms with Gasteiger partial charge in [-0.05, 0) is 29.2 Å². The summed E-state index contributed by atoms with van der Waals surface area (Å²) in [5.41, 5.74) is 4.63. The highest BCUT2D eigenvalue weighted by Gasteiger charge is 2.20. The number of H-pyrrole nitrogens is 1. The van der Waals surface area contributed by atoms with Crippen LogP contribution in [0.2, 0.25) is 0 Å². The normalized spacial score (nSPS) is 13.7. The van der Waals surface area contributed by atoms with Crippen LogP contribution in [0.3, 0.4) is 0 Å². The number of likely N-dealkylation sites (N-methyl/N-ethyl adjacent to an activating group) is 1. The molecule has 0 bridgehead atoms. The van der Waals surface area contributed by atoms with E-state index in [-0.39, 0.29) is 5.91 Å². The Morgan fingerprint density at radius 2 is 2.21 bits per heavy atom. The Bertz CT molecular complexity index is 1000. The van der Waals surface area contributed by atoms with Crippen LogP contribution in [-0.4, -0.2) is 37.8 Å². The van der Waals surface area contributed by atoms with Gasteiger partial charge < -0.3 is 15.2 Å². The number of terminal acetylenes is 1. The molecule has 2 aromatic heterocycles. The van der Waals surface area contributed by atoms with Crippen molar-refractivity contribution >= 4 is 28.7 Å². The average Bonchev–Trinajstić information content (AvgIpc) is 3.04. The van der Waals surface area contributed by atoms with Gasteiger partial charge in [0.25, 0.3) is 0 Å². The van der Waals surface area contributed by atoms with Crippen LogP contribution >= 0.6 is 0 Å². The van der Waals surface area contributed by atoms with Crippen molar-refractivity contribution in [1.29, 1.82) is 0 Å². The lowest BCUT2D eigenvalue weighted by Gasteiger charge is -2.25. The van der Waals surface area contributed by atoms with Crippen molar-refractivity contribution in [2.75, 3.05) is 12.4 Å². The first kappa shape index (κ1) is 14.2. The van der Waals surface area contributed by atoms with Crippen molar-refractivity contribution < 1.29 is 4.79 Å². The first-order valence-electron chi connectivity index (χ1n) is 7.44. The predicted octanol–water partition coefficient (Wildman–Crippen LogP) is 1.59. The van der Waals surface area contributed by atoms with Gasteiger partial charge in [-0.1, -0.05) is 6.07 Å². The molecule has 4 rings (SSSR count). The molecule has 24 heavy (non-hydrogen) atoms. The lowest BCUT2D eigenvalue weighted by molar-refractivity contribution is -0.130. The van der Waals surface area contributed by atoms with Crippen LogP contribution in [0.5, 0.6) is 0 Å². The summed E-state index contributed by atoms with van der Waals surface area (Å²) in [5.74, 6) is 3.06. The second-order valence-corrected chi connectivity index (χ2v) is 5.68. The van der Waals surface area contributed by atoms with Crippen molar-refractivity contribution in [2.45, 2.75) is 13.0 Å². The highest BCUT2D eigenvalue weighted by Crippen LogP contribution is 2.24. The molecule has 2 N–H and O–H groups in total. The maximum atomic E-state index is 11.8. The molecular formula is C17H14N6O. The van der Waals surface area contributed by atoms with E-state index in [4.69, 9.17) is 6.42 Å². The molecular weight excluding hydrogens is 304 g/mol. The first-order valence-corrected chi connectivity index (χ1v) is 7.44. The number of hydrogen-bond donors (Lipinski definition) is 2. The molecule has 0 unspecified atom stereocenters. The van der Waals surface area contributed by atoms with Gasteiger partial charge in [0.2, 0.25) is 11.9 Å². The highest BCUT2D eigenvalue weighted by atomic mass is 16.2. The number of fused-ring (bicyclic) bond motifs is 2. The van der Waals surface area contributed by atoms with Gasteiger partial charge in [0.15, 0.2) is 5.65 Å². The van der Waals surface area contributed by atoms with Crippen molar-refractivity contribution in [1.82, 2.24) is 24.8 Å². The number of carbonyl (C=O) groups is 1. The van der Waals surface area contributed by atoms with Crippen molar-refractivity contribution in [3.8, 4) is 12.3 Å². The SMILES string of the molecule is C#Cc1nc(Nc2ccc3c(c2)CN(C)C(=O)C3)nc2nc[nH]c12. The van der Waals surface area contributed by atoms with Gasteiger partial charge >= 0.3 is 0 Å². The van der Waals surface area contributed by atoms with E-state index in [9.17, 15) is 4.79 Å². The predicted molar refractivity (Wildman–Crippen MR) is 89.5 cm³/mol. The molecule has 1 aliphatic rings. The summed E-state index contributed by atoms with van der Waals surface area (Å²) in [7, 11) is 1.80. The van der Waals surface area contributed by atoms with Gasteiger partial charge in [0.05, 0.1) is 12.7 Å². The van der Waals surface area contributed by atoms with Crippen LogP contribution in [-0.2, 0) is 17.8 Å². The molecule has 0 radical (unpaired) electrons. The molecule has 118 valence electrons. The number of hydrogen-bond acceptors (Lipinski definition) is 5. The van der Waals surface area contributed by atoms with Crippen LogP contribution in [0.1, 0.15) is 16.8 Å². The Kier molecular flexibility index (Phi) is 3.17. The van der Waals surface area contributed by atoms with E-state index in [1.807, 2.05) is 18.2 Å². The minimum Gasteiger partial charge on any atom is -0.341 e. The second-order valence-electron chi connectivity index (χ2n) is 5.68. The fraction of sp³-hybridized carbons (Fsp3) is 0.176. The molecule has 1 amide bonds. The Labute approximate surface area is 138 Å². The van der Waals surface area contributed by atoms with Gasteiger partial charge in [-0.3, -0.25) is 4.79 Å². The summed E-state index contributed by atoms with van der Waals surface area (Å²) in [6.45, 7) is 0.596. The summed E-state index contributed by atoms with van der Waals surface area (Å²) < 4.78 is 0. The van der Waals surface area contributed by atoms with Crippen molar-refractivity contribution in [3.05, 3.63) is 41.3 Å². The largest absolute Gasteiger partial charge is 0.341 e. The number of amides is 1. The number of nitrogens with zero attached hydrogens (tertiary/aromatic N) is 4. The second kappa shape index (κ2) is 5.35. The Morgan fingerprint density at radius 3 is 3.04 bits per heavy atom. The molecule has 0 spiro atoms. The molecule has 0 fully saturated rings. The third-order valence-electron chi connectivity index (χ3n) is 4.06. The van der Waals surface area contributed by atoms with E-state index >= 15 is 0 Å². The van der Waals surface area contributed by atoms with E-state index in [2.05, 4.69) is 31.2 Å². The highest BCUT2D eigenvalue weighted by molar-refractivity contribution is 5.81. The van der Waals surface area contributed by atoms with E-state index < -0.39 is 0 Å². The summed E-state index contributed by atoms with van der Waals surface area (Å²) in [6.07, 6.45) is 7.47. The molecule has 0 aliphatic carbocycles. The standard InChI is InChI=1S/C17H14N6O/c1-3-13-15-16(19-9-18-15)22-17(21-13)20-12-5-4-10-7-14(24)23(2)8-11(10)6-12/h1,4-6,9H,7-8H2,2H3,(H2,18,19,20,21,22). The van der Waals surface area contributed by atoms with Crippen LogP contribution < -0.4 is 5.32 Å². The lowest BCUT2D eigenvalue weighted by Crippen LogP contribution is -2.32. The van der Waals surface area contributed by atoms with E-state index in [1.54, 1.807) is 11.9 Å². The molecule has 7 heteroatoms. The quantitative estimate of drug-likeness (QED) is 0.701. The fourth-order valence-corrected chi connectivity index (χ4v) is 2.79. The van der Waals surface area contributed by atoms with Crippen molar-refractivity contribution in [2.24, 2.45) is 0 Å². The van der Waals surface area contributed by atoms with Crippen molar-refractivity contribution in [3.63, 3.8) is 0 Å². The van der Waals surface area contributed by atoms with Crippen LogP contribution in [0.4, 0.5) is 11.6 Å². The van der Waals surface area contributed by atoms with Crippen LogP contribution in [0.25, 0.3) is 11.2 Å². The molecule has 1 aliphatic heterocycles. The average molecular weight is 318 g/mol. The van der Waals surface area contributed by atoms with Gasteiger partial charge in [-0.15, -0.1) is 6.42 Å². The molecule has 7 nitrogen and oxygen atoms in total. The number of aromatic nitrogens is 4. The number of carbonyl (C=O) groups excluding carboxylic acids is 1. The van der Waals surface area contributed by atoms with Gasteiger partial charge in [-0.2, -0.15) is 4.98 Å². The summed E-state index contributed by atoms with van der Waals surface area (Å²) >= 11 is 0. The number of nitrogens with one attached hydrogen (secondary N) is 2. The molecule has 1 aromatic carbocycles. The number of rotatable bonds is 2. The Hall–Kier alpha value is -3.40. The minimum atomic E-state index is 0.134. The number of aromatic amines is 1. The van der Waals surface area contributed by atoms with Gasteiger partial charge in [0, 0.05) is 19.3 Å². The molecule has 0 saturated carbocycles. The van der Waals surface area contributed by atoms with Crippen LogP contribution in [0.15, 0.2) is 24.5 Å². The summed E-state index contributed by atoms with van der Waals surface area (Å²) in [6, 6.07) is 5.87. The fourth-order valence-electron chi connectivity index (χ4n) is 2.79. The third-order valence-corrected chi connectivity index (χ3v) is 4.06. The lowest BCUT2D eigenvalue weighted by atomic mass is 9.99. The Morgan fingerprint density at radius 1 is 1.33 bits per heavy atom. The number of anilines is 2. The van der Waals surface area contributed by atoms with Gasteiger partial charge in [0.1, 0.15) is 11.2 Å². The smallest absolute Gasteiger partial charge is 0.230 e. The minimum absolute atomic E-state index is 0.134. The zero-order valence-electron chi connectivity index (χ0n) is 13.0. The Balaban J connectivity index is 1.68. The first-order chi connectivity index (χ1) is 11.6. The zero-order valence-corrected chi connectivity index (χ0v) is 13.0. The third kappa shape index (κ3) is 2.34. The molecule has 0 atom stereocenters. The monoisotopic (exact) mass is 318 g/mol. The topological polar surface area (TPSA) is 86.8 Å². The van der Waals surface area contributed by atoms with E-state index in [0.717, 1.165) is 16.8 Å². The number of imidazole rings is 1. The maximum Gasteiger partial charge on any atom is 0.230 e. The van der Waals surface area contributed by atoms with Gasteiger partial charge in [-0.25, -0.2) is 9.97 Å². The van der Waals surface area contributed by atoms with E-state index in [1.165, 1.54) is 6.33 Å². The summed E-state index contributed by atoms with van der Waals surface area (Å²) in [4.78, 5) is 29.2. The summed E-state index contributed by atoms with van der Waals surface area (Å²) in [5, 5.41) is 3.16. The molecule has 3 aromatic rings. The zero-order chi connectivity index (χ0) is 16.7. The van der Waals surface area contributed by atoms with E-state index in [0.29, 0.717) is 35.8 Å². The molecule has 3 heterocycles. The van der Waals surface area contributed by atoms with Crippen LogP contribution in [0, 0.1) is 12.3 Å². The number of benzene rings is 1.